The number of nitrogens with one attached hydrogen (secondary N) is 1. The molecule has 33 heavy (non-hydrogen) atoms. The van der Waals surface area contributed by atoms with Crippen molar-refractivity contribution in [2.24, 2.45) is 0 Å². The molecular weight excluding hydrogens is 435 g/mol. The van der Waals surface area contributed by atoms with Crippen LogP contribution in [0.25, 0.3) is 10.9 Å². The summed E-state index contributed by atoms with van der Waals surface area (Å²) >= 11 is 0. The van der Waals surface area contributed by atoms with E-state index in [1.54, 1.807) is 20.2 Å². The van der Waals surface area contributed by atoms with Crippen LogP contribution < -0.4 is 10.2 Å². The molecule has 10 heteroatoms. The summed E-state index contributed by atoms with van der Waals surface area (Å²) in [4.78, 5) is 6.78. The number of alkyl halides is 2. The number of rotatable bonds is 7. The van der Waals surface area contributed by atoms with Crippen molar-refractivity contribution in [2.75, 3.05) is 43.7 Å². The van der Waals surface area contributed by atoms with Crippen LogP contribution in [0.4, 0.5) is 24.7 Å². The molecule has 0 aliphatic carbocycles. The van der Waals surface area contributed by atoms with E-state index < -0.39 is 23.8 Å². The molecule has 176 valence electrons. The minimum absolute atomic E-state index is 0.0420. The van der Waals surface area contributed by atoms with E-state index in [2.05, 4.69) is 25.4 Å². The molecule has 1 N–H and O–H groups in total. The van der Waals surface area contributed by atoms with Gasteiger partial charge in [0.25, 0.3) is 6.43 Å². The number of halogens is 3. The minimum atomic E-state index is -2.89. The lowest BCUT2D eigenvalue weighted by Crippen LogP contribution is -2.48. The lowest BCUT2D eigenvalue weighted by molar-refractivity contribution is 0.0602. The Bertz CT molecular complexity index is 1130. The maximum Gasteiger partial charge on any atom is 0.266 e. The highest BCUT2D eigenvalue weighted by Crippen LogP contribution is 2.32. The maximum atomic E-state index is 14.7. The summed E-state index contributed by atoms with van der Waals surface area (Å²) < 4.78 is 51.9. The molecule has 1 aliphatic rings. The van der Waals surface area contributed by atoms with Gasteiger partial charge in [-0.15, -0.1) is 5.10 Å². The van der Waals surface area contributed by atoms with E-state index >= 15 is 0 Å². The van der Waals surface area contributed by atoms with Crippen molar-refractivity contribution in [3.05, 3.63) is 53.1 Å². The van der Waals surface area contributed by atoms with Crippen molar-refractivity contribution in [3.63, 3.8) is 0 Å². The van der Waals surface area contributed by atoms with E-state index in [1.807, 2.05) is 13.0 Å². The van der Waals surface area contributed by atoms with E-state index in [9.17, 15) is 13.2 Å². The highest BCUT2D eigenvalue weighted by Gasteiger charge is 2.25. The van der Waals surface area contributed by atoms with Gasteiger partial charge in [-0.25, -0.2) is 13.2 Å². The van der Waals surface area contributed by atoms with Gasteiger partial charge in [0.1, 0.15) is 5.82 Å². The van der Waals surface area contributed by atoms with Crippen LogP contribution in [0.1, 0.15) is 36.2 Å². The fourth-order valence-corrected chi connectivity index (χ4v) is 4.09. The third-order valence-corrected chi connectivity index (χ3v) is 5.80. The normalized spacial score (nSPS) is 17.5. The summed E-state index contributed by atoms with van der Waals surface area (Å²) in [7, 11) is 1.65. The fraction of sp³-hybridized carbons (Fsp3) is 0.435. The van der Waals surface area contributed by atoms with Crippen LogP contribution in [0, 0.1) is 12.7 Å². The summed E-state index contributed by atoms with van der Waals surface area (Å²) in [6, 6.07) is 5.36. The standard InChI is InChI=1S/C23H26F3N5O2/c1-13(17-5-4-6-18(20(17)24)22(25)26)28-23-19-9-15(10-27-21(19)14(2)29-30-23)31-7-8-33-12-16(31)11-32-3/h4-6,9-10,13,16,22H,7-8,11-12H2,1-3H3,(H,28,30)/t13-,16+/m1/s1. The maximum absolute atomic E-state index is 14.7. The van der Waals surface area contributed by atoms with Gasteiger partial charge in [0.05, 0.1) is 60.6 Å². The molecule has 0 radical (unpaired) electrons. The second kappa shape index (κ2) is 9.88. The number of fused-ring (bicyclic) bond motifs is 1. The van der Waals surface area contributed by atoms with E-state index in [4.69, 9.17) is 9.47 Å². The number of methoxy groups -OCH3 is 1. The van der Waals surface area contributed by atoms with Gasteiger partial charge >= 0.3 is 0 Å². The van der Waals surface area contributed by atoms with Gasteiger partial charge in [-0.05, 0) is 19.9 Å². The summed E-state index contributed by atoms with van der Waals surface area (Å²) in [5.74, 6) is -0.526. The van der Waals surface area contributed by atoms with E-state index in [0.717, 1.165) is 11.8 Å². The van der Waals surface area contributed by atoms with Crippen molar-refractivity contribution in [1.82, 2.24) is 15.2 Å². The van der Waals surface area contributed by atoms with E-state index in [0.29, 0.717) is 48.8 Å². The first-order chi connectivity index (χ1) is 15.9. The van der Waals surface area contributed by atoms with Crippen LogP contribution >= 0.6 is 0 Å². The number of benzene rings is 1. The van der Waals surface area contributed by atoms with Crippen LogP contribution in [-0.2, 0) is 9.47 Å². The van der Waals surface area contributed by atoms with Gasteiger partial charge in [-0.1, -0.05) is 18.2 Å². The van der Waals surface area contributed by atoms with Crippen LogP contribution in [0.2, 0.25) is 0 Å². The lowest BCUT2D eigenvalue weighted by Gasteiger charge is -2.36. The number of aromatic nitrogens is 3. The van der Waals surface area contributed by atoms with Crippen molar-refractivity contribution < 1.29 is 22.6 Å². The SMILES string of the molecule is COC[C@H]1COCCN1c1cnc2c(C)nnc(N[C@H](C)c3cccc(C(F)F)c3F)c2c1. The number of hydrogen-bond donors (Lipinski definition) is 1. The summed E-state index contributed by atoms with van der Waals surface area (Å²) in [5.41, 5.74) is 1.68. The van der Waals surface area contributed by atoms with Crippen molar-refractivity contribution in [3.8, 4) is 0 Å². The third-order valence-electron chi connectivity index (χ3n) is 5.80. The number of nitrogens with zero attached hydrogens (tertiary/aromatic N) is 4. The Balaban J connectivity index is 1.70. The highest BCUT2D eigenvalue weighted by molar-refractivity contribution is 5.92. The number of aryl methyl sites for hydroxylation is 1. The number of morpholine rings is 1. The molecule has 3 heterocycles. The Morgan fingerprint density at radius 3 is 2.82 bits per heavy atom. The second-order valence-electron chi connectivity index (χ2n) is 8.02. The molecule has 1 aliphatic heterocycles. The Hall–Kier alpha value is -2.98. The Labute approximate surface area is 189 Å². The van der Waals surface area contributed by atoms with Gasteiger partial charge < -0.3 is 19.7 Å². The van der Waals surface area contributed by atoms with E-state index in [1.165, 1.54) is 12.1 Å². The topological polar surface area (TPSA) is 72.4 Å². The van der Waals surface area contributed by atoms with E-state index in [-0.39, 0.29) is 11.6 Å². The molecule has 3 aromatic rings. The van der Waals surface area contributed by atoms with Crippen LogP contribution in [-0.4, -0.2) is 54.7 Å². The molecule has 0 spiro atoms. The van der Waals surface area contributed by atoms with Crippen LogP contribution in [0.15, 0.2) is 30.5 Å². The minimum Gasteiger partial charge on any atom is -0.382 e. The summed E-state index contributed by atoms with van der Waals surface area (Å²) in [6.07, 6.45) is -1.11. The van der Waals surface area contributed by atoms with Crippen LogP contribution in [0.5, 0.6) is 0 Å². The Kier molecular flexibility index (Phi) is 6.94. The van der Waals surface area contributed by atoms with Crippen molar-refractivity contribution >= 4 is 22.4 Å². The fourth-order valence-electron chi connectivity index (χ4n) is 4.09. The average molecular weight is 461 g/mol. The predicted molar refractivity (Wildman–Crippen MR) is 119 cm³/mol. The summed E-state index contributed by atoms with van der Waals surface area (Å²) in [5, 5.41) is 12.3. The highest BCUT2D eigenvalue weighted by atomic mass is 19.3. The van der Waals surface area contributed by atoms with Crippen molar-refractivity contribution in [1.29, 1.82) is 0 Å². The molecule has 0 unspecified atom stereocenters. The average Bonchev–Trinajstić information content (AvgIpc) is 2.81. The molecule has 0 bridgehead atoms. The molecule has 0 saturated carbocycles. The molecule has 4 rings (SSSR count). The number of ether oxygens (including phenoxy) is 2. The summed E-state index contributed by atoms with van der Waals surface area (Å²) in [6.45, 7) is 5.82. The van der Waals surface area contributed by atoms with Gasteiger partial charge in [-0.3, -0.25) is 4.98 Å². The number of hydrogen-bond acceptors (Lipinski definition) is 7. The zero-order valence-corrected chi connectivity index (χ0v) is 18.7. The van der Waals surface area contributed by atoms with Crippen LogP contribution in [0.3, 0.4) is 0 Å². The van der Waals surface area contributed by atoms with Gasteiger partial charge in [0, 0.05) is 24.6 Å². The molecular formula is C23H26F3N5O2. The molecule has 1 fully saturated rings. The molecule has 1 saturated heterocycles. The number of pyridine rings is 1. The Morgan fingerprint density at radius 2 is 2.06 bits per heavy atom. The Morgan fingerprint density at radius 1 is 1.27 bits per heavy atom. The molecule has 2 aromatic heterocycles. The quantitative estimate of drug-likeness (QED) is 0.558. The molecule has 1 aromatic carbocycles. The molecule has 2 atom stereocenters. The molecule has 7 nitrogen and oxygen atoms in total. The second-order valence-corrected chi connectivity index (χ2v) is 8.02. The predicted octanol–water partition coefficient (Wildman–Crippen LogP) is 4.43. The zero-order chi connectivity index (χ0) is 23.5. The van der Waals surface area contributed by atoms with Gasteiger partial charge in [0.15, 0.2) is 5.82 Å². The monoisotopic (exact) mass is 461 g/mol. The van der Waals surface area contributed by atoms with Gasteiger partial charge in [0.2, 0.25) is 0 Å². The lowest BCUT2D eigenvalue weighted by atomic mass is 10.0. The molecule has 0 amide bonds. The largest absolute Gasteiger partial charge is 0.382 e. The first kappa shape index (κ1) is 23.2. The third kappa shape index (κ3) is 4.72. The van der Waals surface area contributed by atoms with Crippen molar-refractivity contribution in [2.45, 2.75) is 32.4 Å². The number of anilines is 2. The first-order valence-corrected chi connectivity index (χ1v) is 10.7. The smallest absolute Gasteiger partial charge is 0.266 e. The first-order valence-electron chi connectivity index (χ1n) is 10.7. The van der Waals surface area contributed by atoms with Gasteiger partial charge in [-0.2, -0.15) is 5.10 Å². The zero-order valence-electron chi connectivity index (χ0n) is 18.7.